The summed E-state index contributed by atoms with van der Waals surface area (Å²) in [6.45, 7) is 2.31. The van der Waals surface area contributed by atoms with Gasteiger partial charge in [-0.1, -0.05) is 54.1 Å². The first-order valence-electron chi connectivity index (χ1n) is 9.76. The van der Waals surface area contributed by atoms with Crippen LogP contribution in [-0.2, 0) is 0 Å². The van der Waals surface area contributed by atoms with Gasteiger partial charge in [0.15, 0.2) is 11.5 Å². The standard InChI is InChI=1S/C24H22ClFN2O2/c1-2-30-22-9-5-7-18(23(22)29)21-14-20(15-10-12-16(25)13-11-15)27-24(28-21)17-6-3-4-8-19(17)26/h3-14,21,24,27-29H,2H2,1H3. The van der Waals surface area contributed by atoms with Crippen LogP contribution in [0, 0.1) is 5.82 Å². The Morgan fingerprint density at radius 2 is 1.73 bits per heavy atom. The second-order valence-electron chi connectivity index (χ2n) is 6.96. The minimum atomic E-state index is -0.498. The van der Waals surface area contributed by atoms with Crippen molar-refractivity contribution in [1.82, 2.24) is 10.6 Å². The largest absolute Gasteiger partial charge is 0.504 e. The van der Waals surface area contributed by atoms with E-state index in [9.17, 15) is 9.50 Å². The number of hydrogen-bond donors (Lipinski definition) is 3. The summed E-state index contributed by atoms with van der Waals surface area (Å²) in [5, 5.41) is 18.1. The van der Waals surface area contributed by atoms with Crippen molar-refractivity contribution in [3.8, 4) is 11.5 Å². The Labute approximate surface area is 180 Å². The van der Waals surface area contributed by atoms with Crippen LogP contribution in [0.1, 0.15) is 35.8 Å². The maximum Gasteiger partial charge on any atom is 0.162 e. The van der Waals surface area contributed by atoms with E-state index in [1.807, 2.05) is 49.4 Å². The van der Waals surface area contributed by atoms with Gasteiger partial charge < -0.3 is 15.2 Å². The lowest BCUT2D eigenvalue weighted by Crippen LogP contribution is -2.40. The van der Waals surface area contributed by atoms with E-state index in [1.165, 1.54) is 6.07 Å². The van der Waals surface area contributed by atoms with Crippen LogP contribution in [0.4, 0.5) is 4.39 Å². The molecule has 3 aromatic rings. The first kappa shape index (κ1) is 20.3. The zero-order valence-electron chi connectivity index (χ0n) is 16.4. The highest BCUT2D eigenvalue weighted by atomic mass is 35.5. The van der Waals surface area contributed by atoms with Crippen LogP contribution >= 0.6 is 11.6 Å². The third kappa shape index (κ3) is 4.13. The number of rotatable bonds is 5. The summed E-state index contributed by atoms with van der Waals surface area (Å²) in [6, 6.07) is 19.0. The summed E-state index contributed by atoms with van der Waals surface area (Å²) in [7, 11) is 0. The summed E-state index contributed by atoms with van der Waals surface area (Å²) in [6.07, 6.45) is 1.47. The van der Waals surface area contributed by atoms with Gasteiger partial charge in [-0.15, -0.1) is 0 Å². The number of phenols is 1. The highest BCUT2D eigenvalue weighted by Gasteiger charge is 2.28. The highest BCUT2D eigenvalue weighted by Crippen LogP contribution is 2.38. The smallest absolute Gasteiger partial charge is 0.162 e. The fourth-order valence-corrected chi connectivity index (χ4v) is 3.69. The number of hydrogen-bond acceptors (Lipinski definition) is 4. The van der Waals surface area contributed by atoms with E-state index in [1.54, 1.807) is 24.3 Å². The molecule has 2 unspecified atom stereocenters. The topological polar surface area (TPSA) is 53.5 Å². The van der Waals surface area contributed by atoms with Crippen molar-refractivity contribution in [2.75, 3.05) is 6.61 Å². The van der Waals surface area contributed by atoms with Gasteiger partial charge in [-0.05, 0) is 42.8 Å². The van der Waals surface area contributed by atoms with E-state index >= 15 is 0 Å². The van der Waals surface area contributed by atoms with Crippen LogP contribution in [0.3, 0.4) is 0 Å². The Morgan fingerprint density at radius 1 is 1.00 bits per heavy atom. The van der Waals surface area contributed by atoms with E-state index in [-0.39, 0.29) is 17.6 Å². The van der Waals surface area contributed by atoms with Crippen molar-refractivity contribution in [2.45, 2.75) is 19.1 Å². The number of nitrogens with one attached hydrogen (secondary N) is 2. The normalized spacial score (nSPS) is 18.4. The van der Waals surface area contributed by atoms with Crippen LogP contribution in [-0.4, -0.2) is 11.7 Å². The van der Waals surface area contributed by atoms with Gasteiger partial charge in [-0.25, -0.2) is 4.39 Å². The molecule has 0 spiro atoms. The molecule has 30 heavy (non-hydrogen) atoms. The molecular weight excluding hydrogens is 403 g/mol. The van der Waals surface area contributed by atoms with Crippen molar-refractivity contribution >= 4 is 17.3 Å². The summed E-state index contributed by atoms with van der Waals surface area (Å²) < 4.78 is 20.1. The molecule has 4 nitrogen and oxygen atoms in total. The van der Waals surface area contributed by atoms with E-state index in [0.717, 1.165) is 11.3 Å². The molecule has 2 atom stereocenters. The molecule has 6 heteroatoms. The monoisotopic (exact) mass is 424 g/mol. The van der Waals surface area contributed by atoms with Gasteiger partial charge >= 0.3 is 0 Å². The van der Waals surface area contributed by atoms with Crippen molar-refractivity contribution < 1.29 is 14.2 Å². The Hall–Kier alpha value is -3.02. The lowest BCUT2D eigenvalue weighted by atomic mass is 9.97. The van der Waals surface area contributed by atoms with Crippen LogP contribution in [0.2, 0.25) is 5.02 Å². The summed E-state index contributed by atoms with van der Waals surface area (Å²) in [5.74, 6) is 0.169. The third-order valence-electron chi connectivity index (χ3n) is 5.02. The molecule has 0 bridgehead atoms. The van der Waals surface area contributed by atoms with Gasteiger partial charge in [0.1, 0.15) is 12.0 Å². The first-order valence-corrected chi connectivity index (χ1v) is 10.1. The number of aromatic hydroxyl groups is 1. The second kappa shape index (κ2) is 8.78. The van der Waals surface area contributed by atoms with Crippen LogP contribution in [0.25, 0.3) is 5.70 Å². The van der Waals surface area contributed by atoms with Crippen molar-refractivity contribution in [1.29, 1.82) is 0 Å². The highest BCUT2D eigenvalue weighted by molar-refractivity contribution is 6.30. The lowest BCUT2D eigenvalue weighted by Gasteiger charge is -2.33. The Bertz CT molecular complexity index is 1070. The van der Waals surface area contributed by atoms with Crippen LogP contribution in [0.15, 0.2) is 72.8 Å². The molecule has 0 saturated heterocycles. The molecule has 1 aliphatic rings. The molecule has 154 valence electrons. The fourth-order valence-electron chi connectivity index (χ4n) is 3.57. The molecule has 0 aromatic heterocycles. The molecule has 4 rings (SSSR count). The summed E-state index contributed by atoms with van der Waals surface area (Å²) >= 11 is 6.04. The molecule has 0 radical (unpaired) electrons. The molecule has 1 aliphatic heterocycles. The molecule has 0 saturated carbocycles. The van der Waals surface area contributed by atoms with Gasteiger partial charge in [-0.3, -0.25) is 5.32 Å². The Balaban J connectivity index is 1.78. The van der Waals surface area contributed by atoms with Crippen molar-refractivity contribution in [2.24, 2.45) is 0 Å². The second-order valence-corrected chi connectivity index (χ2v) is 7.39. The van der Waals surface area contributed by atoms with Crippen molar-refractivity contribution in [3.05, 3.63) is 100 Å². The van der Waals surface area contributed by atoms with Gasteiger partial charge in [0.05, 0.1) is 12.6 Å². The summed E-state index contributed by atoms with van der Waals surface area (Å²) in [4.78, 5) is 0. The maximum absolute atomic E-state index is 14.5. The molecular formula is C24H22ClFN2O2. The zero-order valence-corrected chi connectivity index (χ0v) is 17.2. The quantitative estimate of drug-likeness (QED) is 0.502. The third-order valence-corrected chi connectivity index (χ3v) is 5.27. The minimum Gasteiger partial charge on any atom is -0.504 e. The molecule has 0 amide bonds. The molecule has 1 heterocycles. The average molecular weight is 425 g/mol. The maximum atomic E-state index is 14.5. The molecule has 0 fully saturated rings. The SMILES string of the molecule is CCOc1cccc(C2C=C(c3ccc(Cl)cc3)NC(c3ccccc3F)N2)c1O. The van der Waals surface area contributed by atoms with E-state index < -0.39 is 6.17 Å². The predicted octanol–water partition coefficient (Wildman–Crippen LogP) is 5.56. The predicted molar refractivity (Wildman–Crippen MR) is 117 cm³/mol. The van der Waals surface area contributed by atoms with Crippen LogP contribution in [0.5, 0.6) is 11.5 Å². The van der Waals surface area contributed by atoms with Gasteiger partial charge in [0.2, 0.25) is 0 Å². The molecule has 3 aromatic carbocycles. The first-order chi connectivity index (χ1) is 14.6. The fraction of sp³-hybridized carbons (Fsp3) is 0.167. The number of para-hydroxylation sites is 1. The number of benzene rings is 3. The lowest BCUT2D eigenvalue weighted by molar-refractivity contribution is 0.314. The zero-order chi connectivity index (χ0) is 21.1. The number of halogens is 2. The van der Waals surface area contributed by atoms with E-state index in [0.29, 0.717) is 28.5 Å². The van der Waals surface area contributed by atoms with Crippen LogP contribution < -0.4 is 15.4 Å². The van der Waals surface area contributed by atoms with Gasteiger partial charge in [0.25, 0.3) is 0 Å². The van der Waals surface area contributed by atoms with Gasteiger partial charge in [-0.2, -0.15) is 0 Å². The van der Waals surface area contributed by atoms with E-state index in [2.05, 4.69) is 10.6 Å². The number of phenolic OH excluding ortho intramolecular Hbond substituents is 1. The molecule has 0 aliphatic carbocycles. The van der Waals surface area contributed by atoms with Gasteiger partial charge in [0, 0.05) is 21.8 Å². The number of ether oxygens (including phenoxy) is 1. The van der Waals surface area contributed by atoms with E-state index in [4.69, 9.17) is 16.3 Å². The molecule has 3 N–H and O–H groups in total. The average Bonchev–Trinajstić information content (AvgIpc) is 2.76. The summed E-state index contributed by atoms with van der Waals surface area (Å²) in [5.41, 5.74) is 2.86. The minimum absolute atomic E-state index is 0.0674. The Morgan fingerprint density at radius 3 is 2.47 bits per heavy atom. The van der Waals surface area contributed by atoms with Crippen molar-refractivity contribution in [3.63, 3.8) is 0 Å². The Kier molecular flexibility index (Phi) is 5.93.